The molecule has 2 rings (SSSR count). The second-order valence-corrected chi connectivity index (χ2v) is 5.78. The number of aliphatic hydroxyl groups is 1. The van der Waals surface area contributed by atoms with E-state index in [1.165, 1.54) is 0 Å². The van der Waals surface area contributed by atoms with Gasteiger partial charge in [0.15, 0.2) is 5.78 Å². The fourth-order valence-electron chi connectivity index (χ4n) is 2.79. The lowest BCUT2D eigenvalue weighted by Crippen LogP contribution is -2.27. The van der Waals surface area contributed by atoms with Crippen LogP contribution in [0.15, 0.2) is 46.7 Å². The summed E-state index contributed by atoms with van der Waals surface area (Å²) in [6.45, 7) is 5.83. The first-order chi connectivity index (χ1) is 10.0. The van der Waals surface area contributed by atoms with Crippen molar-refractivity contribution >= 4 is 11.5 Å². The summed E-state index contributed by atoms with van der Waals surface area (Å²) < 4.78 is 0. The third kappa shape index (κ3) is 3.60. The topological polar surface area (TPSA) is 49.7 Å². The fraction of sp³-hybridized carbons (Fsp3) is 0.444. The van der Waals surface area contributed by atoms with Gasteiger partial charge in [-0.15, -0.1) is 0 Å². The zero-order valence-corrected chi connectivity index (χ0v) is 13.0. The van der Waals surface area contributed by atoms with Crippen molar-refractivity contribution in [2.24, 2.45) is 4.99 Å². The number of rotatable bonds is 3. The van der Waals surface area contributed by atoms with Gasteiger partial charge in [-0.2, -0.15) is 0 Å². The minimum Gasteiger partial charge on any atom is -0.512 e. The van der Waals surface area contributed by atoms with Gasteiger partial charge in [0.1, 0.15) is 5.76 Å². The van der Waals surface area contributed by atoms with Gasteiger partial charge in [-0.25, -0.2) is 0 Å². The number of allylic oxidation sites excluding steroid dienone is 2. The van der Waals surface area contributed by atoms with Gasteiger partial charge >= 0.3 is 0 Å². The maximum atomic E-state index is 12.5. The highest BCUT2D eigenvalue weighted by atomic mass is 16.3. The van der Waals surface area contributed by atoms with E-state index in [0.717, 1.165) is 11.3 Å². The summed E-state index contributed by atoms with van der Waals surface area (Å²) in [5.74, 6) is 0.337. The molecule has 1 N–H and O–H groups in total. The molecule has 1 fully saturated rings. The van der Waals surface area contributed by atoms with Gasteiger partial charge in [0.2, 0.25) is 0 Å². The molecule has 21 heavy (non-hydrogen) atoms. The molecule has 0 amide bonds. The van der Waals surface area contributed by atoms with Gasteiger partial charge in [0.25, 0.3) is 0 Å². The quantitative estimate of drug-likeness (QED) is 0.668. The lowest BCUT2D eigenvalue weighted by Gasteiger charge is -2.26. The first kappa shape index (κ1) is 15.5. The minimum atomic E-state index is 0.00820. The molecule has 0 radical (unpaired) electrons. The van der Waals surface area contributed by atoms with Crippen molar-refractivity contribution in [1.29, 1.82) is 0 Å². The van der Waals surface area contributed by atoms with Crippen molar-refractivity contribution in [2.75, 3.05) is 0 Å². The van der Waals surface area contributed by atoms with E-state index in [-0.39, 0.29) is 23.5 Å². The Hall–Kier alpha value is -1.90. The molecule has 1 aliphatic carbocycles. The standard InChI is InChI=1S/C18H23NO2/c1-4-16(20)18-15(19-12(2)3)10-14(11-17(18)21)13-8-6-5-7-9-13/h5-9,12,14,20H,4,10-11H2,1-3H3/b18-16-,19-15?. The van der Waals surface area contributed by atoms with Crippen LogP contribution in [0.1, 0.15) is 51.5 Å². The van der Waals surface area contributed by atoms with Crippen LogP contribution >= 0.6 is 0 Å². The Morgan fingerprint density at radius 1 is 1.29 bits per heavy atom. The summed E-state index contributed by atoms with van der Waals surface area (Å²) in [4.78, 5) is 17.1. The van der Waals surface area contributed by atoms with E-state index in [1.807, 2.05) is 39.0 Å². The molecule has 1 saturated carbocycles. The number of hydrogen-bond donors (Lipinski definition) is 1. The number of carbonyl (C=O) groups excluding carboxylic acids is 1. The first-order valence-electron chi connectivity index (χ1n) is 7.60. The Labute approximate surface area is 126 Å². The zero-order chi connectivity index (χ0) is 15.4. The average Bonchev–Trinajstić information content (AvgIpc) is 2.46. The van der Waals surface area contributed by atoms with Gasteiger partial charge in [-0.1, -0.05) is 37.3 Å². The first-order valence-corrected chi connectivity index (χ1v) is 7.60. The van der Waals surface area contributed by atoms with Gasteiger partial charge in [-0.3, -0.25) is 9.79 Å². The van der Waals surface area contributed by atoms with Crippen molar-refractivity contribution in [2.45, 2.75) is 52.0 Å². The molecule has 0 aliphatic heterocycles. The molecule has 1 atom stereocenters. The lowest BCUT2D eigenvalue weighted by molar-refractivity contribution is -0.115. The van der Waals surface area contributed by atoms with Crippen LogP contribution in [0, 0.1) is 0 Å². The summed E-state index contributed by atoms with van der Waals surface area (Å²) in [5.41, 5.74) is 2.38. The minimum absolute atomic E-state index is 0.00820. The second-order valence-electron chi connectivity index (χ2n) is 5.78. The summed E-state index contributed by atoms with van der Waals surface area (Å²) in [5, 5.41) is 10.1. The van der Waals surface area contributed by atoms with Crippen LogP contribution < -0.4 is 0 Å². The molecule has 0 aromatic heterocycles. The molecule has 0 bridgehead atoms. The highest BCUT2D eigenvalue weighted by Crippen LogP contribution is 2.33. The Balaban J connectivity index is 2.39. The lowest BCUT2D eigenvalue weighted by atomic mass is 9.78. The normalized spacial score (nSPS) is 23.7. The zero-order valence-electron chi connectivity index (χ0n) is 13.0. The van der Waals surface area contributed by atoms with Crippen molar-refractivity contribution in [3.05, 3.63) is 47.2 Å². The Morgan fingerprint density at radius 2 is 1.95 bits per heavy atom. The van der Waals surface area contributed by atoms with Crippen molar-refractivity contribution in [3.8, 4) is 0 Å². The van der Waals surface area contributed by atoms with E-state index in [4.69, 9.17) is 0 Å². The number of Topliss-reactive ketones (excluding diaryl/α,β-unsaturated/α-hetero) is 1. The molecule has 0 spiro atoms. The molecule has 112 valence electrons. The molecule has 1 aliphatic rings. The van der Waals surface area contributed by atoms with E-state index in [1.54, 1.807) is 0 Å². The largest absolute Gasteiger partial charge is 0.512 e. The van der Waals surface area contributed by atoms with E-state index in [2.05, 4.69) is 17.1 Å². The second kappa shape index (κ2) is 6.70. The van der Waals surface area contributed by atoms with Crippen molar-refractivity contribution in [1.82, 2.24) is 0 Å². The Bertz CT molecular complexity index is 570. The van der Waals surface area contributed by atoms with Crippen LogP contribution in [0.25, 0.3) is 0 Å². The van der Waals surface area contributed by atoms with Crippen LogP contribution in [0.5, 0.6) is 0 Å². The summed E-state index contributed by atoms with van der Waals surface area (Å²) in [7, 11) is 0. The molecule has 1 aromatic carbocycles. The van der Waals surface area contributed by atoms with Crippen LogP contribution in [-0.4, -0.2) is 22.6 Å². The molecule has 1 unspecified atom stereocenters. The predicted molar refractivity (Wildman–Crippen MR) is 85.9 cm³/mol. The average molecular weight is 285 g/mol. The van der Waals surface area contributed by atoms with Gasteiger partial charge in [-0.05, 0) is 31.7 Å². The number of aliphatic hydroxyl groups excluding tert-OH is 1. The maximum absolute atomic E-state index is 12.5. The highest BCUT2D eigenvalue weighted by molar-refractivity contribution is 6.24. The third-order valence-corrected chi connectivity index (χ3v) is 3.75. The number of carbonyl (C=O) groups is 1. The van der Waals surface area contributed by atoms with Gasteiger partial charge in [0.05, 0.1) is 5.57 Å². The molecular weight excluding hydrogens is 262 g/mol. The predicted octanol–water partition coefficient (Wildman–Crippen LogP) is 4.20. The Kier molecular flexibility index (Phi) is 4.94. The van der Waals surface area contributed by atoms with Gasteiger partial charge in [0, 0.05) is 24.6 Å². The molecule has 3 nitrogen and oxygen atoms in total. The van der Waals surface area contributed by atoms with Crippen molar-refractivity contribution < 1.29 is 9.90 Å². The van der Waals surface area contributed by atoms with E-state index in [9.17, 15) is 9.90 Å². The van der Waals surface area contributed by atoms with Crippen LogP contribution in [0.3, 0.4) is 0 Å². The SMILES string of the molecule is CC/C(O)=C1/C(=O)CC(c2ccccc2)CC1=NC(C)C. The highest BCUT2D eigenvalue weighted by Gasteiger charge is 2.32. The fourth-order valence-corrected chi connectivity index (χ4v) is 2.79. The van der Waals surface area contributed by atoms with Crippen LogP contribution in [0.4, 0.5) is 0 Å². The van der Waals surface area contributed by atoms with Crippen molar-refractivity contribution in [3.63, 3.8) is 0 Å². The van der Waals surface area contributed by atoms with Crippen LogP contribution in [-0.2, 0) is 4.79 Å². The summed E-state index contributed by atoms with van der Waals surface area (Å²) in [6, 6.07) is 10.2. The van der Waals surface area contributed by atoms with E-state index in [0.29, 0.717) is 24.8 Å². The van der Waals surface area contributed by atoms with Crippen LogP contribution in [0.2, 0.25) is 0 Å². The number of nitrogens with zero attached hydrogens (tertiary/aromatic N) is 1. The Morgan fingerprint density at radius 3 is 2.52 bits per heavy atom. The van der Waals surface area contributed by atoms with E-state index < -0.39 is 0 Å². The maximum Gasteiger partial charge on any atom is 0.168 e. The molecule has 0 saturated heterocycles. The molecular formula is C18H23NO2. The monoisotopic (exact) mass is 285 g/mol. The summed E-state index contributed by atoms with van der Waals surface area (Å²) >= 11 is 0. The molecule has 0 heterocycles. The number of hydrogen-bond acceptors (Lipinski definition) is 3. The third-order valence-electron chi connectivity index (χ3n) is 3.75. The molecule has 3 heteroatoms. The number of benzene rings is 1. The summed E-state index contributed by atoms with van der Waals surface area (Å²) in [6.07, 6.45) is 1.63. The van der Waals surface area contributed by atoms with E-state index >= 15 is 0 Å². The number of ketones is 1. The number of aliphatic imine (C=N–C) groups is 1. The molecule has 1 aromatic rings. The smallest absolute Gasteiger partial charge is 0.168 e. The van der Waals surface area contributed by atoms with Gasteiger partial charge < -0.3 is 5.11 Å².